The molecule has 0 amide bonds. The molecule has 18 heavy (non-hydrogen) atoms. The van der Waals surface area contributed by atoms with Crippen molar-refractivity contribution in [2.24, 2.45) is 5.92 Å². The molecule has 0 aliphatic rings. The summed E-state index contributed by atoms with van der Waals surface area (Å²) in [6.07, 6.45) is 1.43. The number of hydrogen-bond donors (Lipinski definition) is 2. The quantitative estimate of drug-likeness (QED) is 0.863. The van der Waals surface area contributed by atoms with Crippen LogP contribution < -0.4 is 5.32 Å². The van der Waals surface area contributed by atoms with E-state index in [0.717, 1.165) is 10.9 Å². The van der Waals surface area contributed by atoms with Gasteiger partial charge in [0.25, 0.3) is 0 Å². The number of rotatable bonds is 4. The minimum atomic E-state index is -0.882. The molecule has 0 spiro atoms. The first kappa shape index (κ1) is 12.3. The van der Waals surface area contributed by atoms with Crippen molar-refractivity contribution in [3.05, 3.63) is 30.6 Å². The van der Waals surface area contributed by atoms with Gasteiger partial charge in [0.05, 0.1) is 5.52 Å². The average molecular weight is 245 g/mol. The molecular weight excluding hydrogens is 230 g/mol. The maximum absolute atomic E-state index is 11.2. The van der Waals surface area contributed by atoms with E-state index in [0.29, 0.717) is 5.82 Å². The predicted molar refractivity (Wildman–Crippen MR) is 69.4 cm³/mol. The van der Waals surface area contributed by atoms with Crippen molar-refractivity contribution in [1.82, 2.24) is 9.97 Å². The second kappa shape index (κ2) is 5.00. The molecule has 1 aromatic carbocycles. The average Bonchev–Trinajstić information content (AvgIpc) is 2.35. The third-order valence-electron chi connectivity index (χ3n) is 2.77. The SMILES string of the molecule is CC(C)[C@@H](Nc1ncnc2ccccc12)C(=O)O. The van der Waals surface area contributed by atoms with Gasteiger partial charge in [0.2, 0.25) is 0 Å². The highest BCUT2D eigenvalue weighted by Gasteiger charge is 2.22. The number of nitrogens with zero attached hydrogens (tertiary/aromatic N) is 2. The largest absolute Gasteiger partial charge is 0.480 e. The molecule has 5 heteroatoms. The van der Waals surface area contributed by atoms with Crippen molar-refractivity contribution in [3.8, 4) is 0 Å². The van der Waals surface area contributed by atoms with Crippen LogP contribution in [-0.2, 0) is 4.79 Å². The van der Waals surface area contributed by atoms with Crippen LogP contribution in [0.3, 0.4) is 0 Å². The molecule has 0 radical (unpaired) electrons. The zero-order chi connectivity index (χ0) is 13.1. The van der Waals surface area contributed by atoms with Crippen LogP contribution in [0, 0.1) is 5.92 Å². The number of nitrogens with one attached hydrogen (secondary N) is 1. The van der Waals surface area contributed by atoms with Crippen LogP contribution in [0.5, 0.6) is 0 Å². The van der Waals surface area contributed by atoms with Gasteiger partial charge >= 0.3 is 5.97 Å². The van der Waals surface area contributed by atoms with Gasteiger partial charge in [-0.2, -0.15) is 0 Å². The normalized spacial score (nSPS) is 12.6. The number of carboxylic acids is 1. The van der Waals surface area contributed by atoms with Gasteiger partial charge < -0.3 is 10.4 Å². The molecule has 1 heterocycles. The first-order valence-electron chi connectivity index (χ1n) is 5.78. The summed E-state index contributed by atoms with van der Waals surface area (Å²) in [4.78, 5) is 19.4. The number of para-hydroxylation sites is 1. The van der Waals surface area contributed by atoms with E-state index in [4.69, 9.17) is 0 Å². The van der Waals surface area contributed by atoms with Crippen molar-refractivity contribution in [3.63, 3.8) is 0 Å². The summed E-state index contributed by atoms with van der Waals surface area (Å²) in [5.41, 5.74) is 0.794. The standard InChI is InChI=1S/C13H15N3O2/c1-8(2)11(13(17)18)16-12-9-5-3-4-6-10(9)14-7-15-12/h3-8,11H,1-2H3,(H,17,18)(H,14,15,16)/t11-/m1/s1. The number of benzene rings is 1. The lowest BCUT2D eigenvalue weighted by atomic mass is 10.0. The molecule has 2 N–H and O–H groups in total. The summed E-state index contributed by atoms with van der Waals surface area (Å²) < 4.78 is 0. The molecule has 2 aromatic rings. The topological polar surface area (TPSA) is 75.1 Å². The van der Waals surface area contributed by atoms with Crippen molar-refractivity contribution in [2.75, 3.05) is 5.32 Å². The summed E-state index contributed by atoms with van der Waals surface area (Å²) in [6, 6.07) is 6.84. The fourth-order valence-corrected chi connectivity index (χ4v) is 1.78. The van der Waals surface area contributed by atoms with Gasteiger partial charge in [-0.05, 0) is 18.1 Å². The lowest BCUT2D eigenvalue weighted by Crippen LogP contribution is -2.34. The maximum Gasteiger partial charge on any atom is 0.326 e. The number of aliphatic carboxylic acids is 1. The number of fused-ring (bicyclic) bond motifs is 1. The Hall–Kier alpha value is -2.17. The molecule has 1 aromatic heterocycles. The first-order chi connectivity index (χ1) is 8.59. The Bertz CT molecular complexity index is 564. The fraction of sp³-hybridized carbons (Fsp3) is 0.308. The van der Waals surface area contributed by atoms with E-state index in [1.807, 2.05) is 38.1 Å². The monoisotopic (exact) mass is 245 g/mol. The highest BCUT2D eigenvalue weighted by Crippen LogP contribution is 2.20. The Morgan fingerprint density at radius 2 is 2.00 bits per heavy atom. The van der Waals surface area contributed by atoms with E-state index < -0.39 is 12.0 Å². The molecule has 0 bridgehead atoms. The highest BCUT2D eigenvalue weighted by atomic mass is 16.4. The van der Waals surface area contributed by atoms with Gasteiger partial charge in [-0.1, -0.05) is 26.0 Å². The number of hydrogen-bond acceptors (Lipinski definition) is 4. The molecular formula is C13H15N3O2. The number of aromatic nitrogens is 2. The van der Waals surface area contributed by atoms with Crippen LogP contribution in [0.4, 0.5) is 5.82 Å². The molecule has 0 aliphatic heterocycles. The Kier molecular flexibility index (Phi) is 3.41. The number of carbonyl (C=O) groups is 1. The van der Waals surface area contributed by atoms with Crippen molar-refractivity contribution >= 4 is 22.7 Å². The van der Waals surface area contributed by atoms with Crippen molar-refractivity contribution in [1.29, 1.82) is 0 Å². The zero-order valence-electron chi connectivity index (χ0n) is 10.3. The van der Waals surface area contributed by atoms with Gasteiger partial charge in [-0.15, -0.1) is 0 Å². The van der Waals surface area contributed by atoms with E-state index in [2.05, 4.69) is 15.3 Å². The van der Waals surface area contributed by atoms with Gasteiger partial charge in [-0.25, -0.2) is 14.8 Å². The molecule has 94 valence electrons. The molecule has 2 rings (SSSR count). The van der Waals surface area contributed by atoms with Gasteiger partial charge in [0, 0.05) is 5.39 Å². The Morgan fingerprint density at radius 3 is 2.67 bits per heavy atom. The van der Waals surface area contributed by atoms with Crippen molar-refractivity contribution < 1.29 is 9.90 Å². The first-order valence-corrected chi connectivity index (χ1v) is 5.78. The van der Waals surface area contributed by atoms with E-state index >= 15 is 0 Å². The lowest BCUT2D eigenvalue weighted by Gasteiger charge is -2.19. The van der Waals surface area contributed by atoms with Gasteiger partial charge in [0.15, 0.2) is 0 Å². The third-order valence-corrected chi connectivity index (χ3v) is 2.77. The molecule has 0 fully saturated rings. The summed E-state index contributed by atoms with van der Waals surface area (Å²) in [5, 5.41) is 13.0. The number of carboxylic acid groups (broad SMARTS) is 1. The molecule has 0 saturated heterocycles. The second-order valence-corrected chi connectivity index (χ2v) is 4.44. The van der Waals surface area contributed by atoms with E-state index in [-0.39, 0.29) is 5.92 Å². The minimum Gasteiger partial charge on any atom is -0.480 e. The minimum absolute atomic E-state index is 0.0313. The molecule has 0 aliphatic carbocycles. The predicted octanol–water partition coefficient (Wildman–Crippen LogP) is 2.15. The van der Waals surface area contributed by atoms with Crippen LogP contribution >= 0.6 is 0 Å². The van der Waals surface area contributed by atoms with E-state index in [1.54, 1.807) is 0 Å². The van der Waals surface area contributed by atoms with Crippen molar-refractivity contribution in [2.45, 2.75) is 19.9 Å². The Labute approximate surface area is 105 Å². The van der Waals surface area contributed by atoms with Crippen LogP contribution in [0.15, 0.2) is 30.6 Å². The third kappa shape index (κ3) is 2.40. The molecule has 5 nitrogen and oxygen atoms in total. The summed E-state index contributed by atoms with van der Waals surface area (Å²) >= 11 is 0. The lowest BCUT2D eigenvalue weighted by molar-refractivity contribution is -0.138. The van der Waals surface area contributed by atoms with Gasteiger partial charge in [0.1, 0.15) is 18.2 Å². The van der Waals surface area contributed by atoms with E-state index in [1.165, 1.54) is 6.33 Å². The second-order valence-electron chi connectivity index (χ2n) is 4.44. The zero-order valence-corrected chi connectivity index (χ0v) is 10.3. The summed E-state index contributed by atoms with van der Waals surface area (Å²) in [5.74, 6) is -0.356. The smallest absolute Gasteiger partial charge is 0.326 e. The van der Waals surface area contributed by atoms with E-state index in [9.17, 15) is 9.90 Å². The summed E-state index contributed by atoms with van der Waals surface area (Å²) in [7, 11) is 0. The van der Waals surface area contributed by atoms with Gasteiger partial charge in [-0.3, -0.25) is 0 Å². The highest BCUT2D eigenvalue weighted by molar-refractivity contribution is 5.90. The van der Waals surface area contributed by atoms with Crippen LogP contribution in [0.2, 0.25) is 0 Å². The number of anilines is 1. The van der Waals surface area contributed by atoms with Crippen LogP contribution in [0.25, 0.3) is 10.9 Å². The molecule has 0 saturated carbocycles. The van der Waals surface area contributed by atoms with Crippen LogP contribution in [-0.4, -0.2) is 27.1 Å². The fourth-order valence-electron chi connectivity index (χ4n) is 1.78. The summed E-state index contributed by atoms with van der Waals surface area (Å²) in [6.45, 7) is 3.71. The Balaban J connectivity index is 2.39. The Morgan fingerprint density at radius 1 is 1.28 bits per heavy atom. The molecule has 1 atom stereocenters. The maximum atomic E-state index is 11.2. The molecule has 0 unspecified atom stereocenters. The van der Waals surface area contributed by atoms with Crippen LogP contribution in [0.1, 0.15) is 13.8 Å².